The lowest BCUT2D eigenvalue weighted by molar-refractivity contribution is -0.115. The number of hydrogen-bond acceptors (Lipinski definition) is 4. The number of benzene rings is 2. The zero-order chi connectivity index (χ0) is 22.4. The lowest BCUT2D eigenvalue weighted by atomic mass is 9.87. The van der Waals surface area contributed by atoms with Crippen molar-refractivity contribution in [1.29, 1.82) is 0 Å². The van der Waals surface area contributed by atoms with E-state index in [1.54, 1.807) is 12.1 Å². The van der Waals surface area contributed by atoms with E-state index in [1.165, 1.54) is 0 Å². The van der Waals surface area contributed by atoms with Gasteiger partial charge >= 0.3 is 0 Å². The van der Waals surface area contributed by atoms with Crippen LogP contribution in [-0.4, -0.2) is 37.7 Å². The highest BCUT2D eigenvalue weighted by Gasteiger charge is 2.18. The molecule has 2 aromatic carbocycles. The Hall–Kier alpha value is -2.86. The molecule has 1 heterocycles. The summed E-state index contributed by atoms with van der Waals surface area (Å²) in [4.78, 5) is 24.8. The number of amides is 2. The molecule has 166 valence electrons. The van der Waals surface area contributed by atoms with Crippen LogP contribution in [-0.2, 0) is 14.9 Å². The summed E-state index contributed by atoms with van der Waals surface area (Å²) in [6.45, 7) is 9.43. The third-order valence-corrected chi connectivity index (χ3v) is 5.28. The standard InChI is InChI=1S/C25H32N2O4/c1-17-7-12-21(22(14-17)31-16-20-6-5-13-30-20)27-23(28)15-26-24(29)18-8-10-19(11-9-18)25(2,3)4/h7-12,14,20H,5-6,13,15-16H2,1-4H3,(H,26,29)(H,27,28). The highest BCUT2D eigenvalue weighted by atomic mass is 16.5. The van der Waals surface area contributed by atoms with E-state index < -0.39 is 0 Å². The molecule has 0 radical (unpaired) electrons. The molecule has 1 aliphatic rings. The van der Waals surface area contributed by atoms with Gasteiger partial charge in [-0.2, -0.15) is 0 Å². The van der Waals surface area contributed by atoms with Gasteiger partial charge in [-0.05, 0) is 60.6 Å². The summed E-state index contributed by atoms with van der Waals surface area (Å²) < 4.78 is 11.5. The highest BCUT2D eigenvalue weighted by Crippen LogP contribution is 2.27. The van der Waals surface area contributed by atoms with Gasteiger partial charge in [-0.25, -0.2) is 0 Å². The van der Waals surface area contributed by atoms with Crippen LogP contribution in [0.2, 0.25) is 0 Å². The summed E-state index contributed by atoms with van der Waals surface area (Å²) in [6.07, 6.45) is 2.12. The smallest absolute Gasteiger partial charge is 0.251 e. The van der Waals surface area contributed by atoms with Crippen molar-refractivity contribution in [2.45, 2.75) is 52.1 Å². The van der Waals surface area contributed by atoms with E-state index in [9.17, 15) is 9.59 Å². The normalized spacial score (nSPS) is 16.1. The predicted octanol–water partition coefficient (Wildman–Crippen LogP) is 4.22. The molecule has 1 aliphatic heterocycles. The third-order valence-electron chi connectivity index (χ3n) is 5.28. The van der Waals surface area contributed by atoms with Crippen LogP contribution in [0.25, 0.3) is 0 Å². The number of carbonyl (C=O) groups is 2. The zero-order valence-corrected chi connectivity index (χ0v) is 18.8. The molecule has 6 heteroatoms. The van der Waals surface area contributed by atoms with Crippen LogP contribution >= 0.6 is 0 Å². The quantitative estimate of drug-likeness (QED) is 0.698. The molecule has 31 heavy (non-hydrogen) atoms. The van der Waals surface area contributed by atoms with Gasteiger partial charge in [0.1, 0.15) is 12.4 Å². The Kier molecular flexibility index (Phi) is 7.33. The van der Waals surface area contributed by atoms with Crippen LogP contribution in [0.15, 0.2) is 42.5 Å². The molecular formula is C25H32N2O4. The Balaban J connectivity index is 1.54. The molecule has 0 spiro atoms. The molecule has 1 unspecified atom stereocenters. The summed E-state index contributed by atoms with van der Waals surface area (Å²) in [5.41, 5.74) is 3.31. The van der Waals surface area contributed by atoms with Gasteiger partial charge in [-0.3, -0.25) is 9.59 Å². The van der Waals surface area contributed by atoms with Gasteiger partial charge < -0.3 is 20.1 Å². The van der Waals surface area contributed by atoms with Gasteiger partial charge in [-0.1, -0.05) is 39.0 Å². The summed E-state index contributed by atoms with van der Waals surface area (Å²) in [5.74, 6) is 0.00722. The van der Waals surface area contributed by atoms with Gasteiger partial charge in [-0.15, -0.1) is 0 Å². The molecule has 6 nitrogen and oxygen atoms in total. The Morgan fingerprint density at radius 2 is 1.87 bits per heavy atom. The van der Waals surface area contributed by atoms with Crippen LogP contribution < -0.4 is 15.4 Å². The van der Waals surface area contributed by atoms with Crippen molar-refractivity contribution in [3.05, 3.63) is 59.2 Å². The van der Waals surface area contributed by atoms with Crippen LogP contribution in [0.4, 0.5) is 5.69 Å². The maximum Gasteiger partial charge on any atom is 0.251 e. The number of anilines is 1. The van der Waals surface area contributed by atoms with Gasteiger partial charge in [0.15, 0.2) is 0 Å². The van der Waals surface area contributed by atoms with Crippen LogP contribution in [0, 0.1) is 6.92 Å². The third kappa shape index (κ3) is 6.56. The second kappa shape index (κ2) is 9.96. The van der Waals surface area contributed by atoms with E-state index in [0.29, 0.717) is 23.6 Å². The van der Waals surface area contributed by atoms with E-state index in [4.69, 9.17) is 9.47 Å². The van der Waals surface area contributed by atoms with E-state index in [0.717, 1.165) is 30.6 Å². The van der Waals surface area contributed by atoms with E-state index in [-0.39, 0.29) is 29.9 Å². The van der Waals surface area contributed by atoms with Crippen LogP contribution in [0.5, 0.6) is 5.75 Å². The number of ether oxygens (including phenoxy) is 2. The van der Waals surface area contributed by atoms with Crippen LogP contribution in [0.1, 0.15) is 55.1 Å². The summed E-state index contributed by atoms with van der Waals surface area (Å²) in [5, 5.41) is 5.50. The van der Waals surface area contributed by atoms with Gasteiger partial charge in [0.2, 0.25) is 5.91 Å². The molecule has 1 saturated heterocycles. The summed E-state index contributed by atoms with van der Waals surface area (Å²) in [7, 11) is 0. The minimum atomic E-state index is -0.314. The average molecular weight is 425 g/mol. The Labute approximate surface area is 184 Å². The molecule has 1 fully saturated rings. The number of carbonyl (C=O) groups excluding carboxylic acids is 2. The molecule has 0 aromatic heterocycles. The molecule has 2 amide bonds. The largest absolute Gasteiger partial charge is 0.489 e. The molecular weight excluding hydrogens is 392 g/mol. The van der Waals surface area contributed by atoms with Crippen molar-refractivity contribution in [2.75, 3.05) is 25.1 Å². The first-order valence-corrected chi connectivity index (χ1v) is 10.8. The van der Waals surface area contributed by atoms with Crippen molar-refractivity contribution >= 4 is 17.5 Å². The van der Waals surface area contributed by atoms with Gasteiger partial charge in [0.05, 0.1) is 18.3 Å². The Morgan fingerprint density at radius 1 is 1.13 bits per heavy atom. The number of hydrogen-bond donors (Lipinski definition) is 2. The monoisotopic (exact) mass is 424 g/mol. The molecule has 1 atom stereocenters. The van der Waals surface area contributed by atoms with E-state index in [2.05, 4.69) is 31.4 Å². The highest BCUT2D eigenvalue weighted by molar-refractivity contribution is 5.99. The average Bonchev–Trinajstić information content (AvgIpc) is 3.25. The first kappa shape index (κ1) is 22.8. The number of nitrogens with one attached hydrogen (secondary N) is 2. The number of rotatable bonds is 7. The Morgan fingerprint density at radius 3 is 2.52 bits per heavy atom. The first-order chi connectivity index (χ1) is 14.7. The second-order valence-corrected chi connectivity index (χ2v) is 9.00. The molecule has 2 aromatic rings. The Bertz CT molecular complexity index is 910. The SMILES string of the molecule is Cc1ccc(NC(=O)CNC(=O)c2ccc(C(C)(C)C)cc2)c(OCC2CCCO2)c1. The van der Waals surface area contributed by atoms with Gasteiger partial charge in [0.25, 0.3) is 5.91 Å². The molecule has 0 aliphatic carbocycles. The topological polar surface area (TPSA) is 76.7 Å². The summed E-state index contributed by atoms with van der Waals surface area (Å²) in [6, 6.07) is 13.1. The molecule has 0 saturated carbocycles. The fourth-order valence-corrected chi connectivity index (χ4v) is 3.39. The predicted molar refractivity (Wildman–Crippen MR) is 122 cm³/mol. The van der Waals surface area contributed by atoms with Gasteiger partial charge in [0, 0.05) is 12.2 Å². The minimum absolute atomic E-state index is 0.0204. The van der Waals surface area contributed by atoms with Crippen LogP contribution in [0.3, 0.4) is 0 Å². The van der Waals surface area contributed by atoms with Crippen molar-refractivity contribution in [3.63, 3.8) is 0 Å². The van der Waals surface area contributed by atoms with E-state index in [1.807, 2.05) is 37.3 Å². The van der Waals surface area contributed by atoms with Crippen molar-refractivity contribution < 1.29 is 19.1 Å². The fraction of sp³-hybridized carbons (Fsp3) is 0.440. The number of aryl methyl sites for hydroxylation is 1. The molecule has 2 N–H and O–H groups in total. The van der Waals surface area contributed by atoms with E-state index >= 15 is 0 Å². The van der Waals surface area contributed by atoms with Crippen molar-refractivity contribution in [2.24, 2.45) is 0 Å². The molecule has 0 bridgehead atoms. The molecule has 3 rings (SSSR count). The maximum atomic E-state index is 12.4. The maximum absolute atomic E-state index is 12.4. The second-order valence-electron chi connectivity index (χ2n) is 9.00. The lowest BCUT2D eigenvalue weighted by Gasteiger charge is -2.19. The zero-order valence-electron chi connectivity index (χ0n) is 18.8. The first-order valence-electron chi connectivity index (χ1n) is 10.8. The summed E-state index contributed by atoms with van der Waals surface area (Å²) >= 11 is 0. The van der Waals surface area contributed by atoms with Crippen molar-refractivity contribution in [3.8, 4) is 5.75 Å². The van der Waals surface area contributed by atoms with Crippen molar-refractivity contribution in [1.82, 2.24) is 5.32 Å². The lowest BCUT2D eigenvalue weighted by Crippen LogP contribution is -2.33. The minimum Gasteiger partial charge on any atom is -0.489 e. The fourth-order valence-electron chi connectivity index (χ4n) is 3.39.